The van der Waals surface area contributed by atoms with E-state index in [1.807, 2.05) is 24.3 Å². The number of carboxylic acid groups (broad SMARTS) is 1. The zero-order chi connectivity index (χ0) is 47.4. The number of halogens is 3. The molecule has 330 valence electrons. The van der Waals surface area contributed by atoms with Crippen LogP contribution in [0.5, 0.6) is 34.5 Å². The van der Waals surface area contributed by atoms with Crippen molar-refractivity contribution in [2.75, 3.05) is 11.1 Å². The first kappa shape index (κ1) is 52.0. The van der Waals surface area contributed by atoms with Gasteiger partial charge in [0.25, 0.3) is 11.1 Å². The zero-order valence-corrected chi connectivity index (χ0v) is 37.7. The Kier molecular flexibility index (Phi) is 21.2. The molecule has 17 nitrogen and oxygen atoms in total. The first-order valence-corrected chi connectivity index (χ1v) is 19.5. The van der Waals surface area contributed by atoms with E-state index in [1.54, 1.807) is 24.3 Å². The third-order valence-corrected chi connectivity index (χ3v) is 8.08. The van der Waals surface area contributed by atoms with Crippen LogP contribution in [0, 0.1) is 0 Å². The van der Waals surface area contributed by atoms with Crippen LogP contribution in [0.25, 0.3) is 0 Å². The van der Waals surface area contributed by atoms with Crippen molar-refractivity contribution in [1.29, 1.82) is 0 Å². The number of nitrogen functional groups attached to an aromatic ring is 1. The summed E-state index contributed by atoms with van der Waals surface area (Å²) in [7, 11) is 0. The highest BCUT2D eigenvalue weighted by Crippen LogP contribution is 2.28. The number of ether oxygens (including phenoxy) is 5. The Morgan fingerprint density at radius 1 is 0.524 bits per heavy atom. The van der Waals surface area contributed by atoms with E-state index in [1.165, 1.54) is 76.2 Å². The summed E-state index contributed by atoms with van der Waals surface area (Å²) in [4.78, 5) is 88.0. The van der Waals surface area contributed by atoms with E-state index in [-0.39, 0.29) is 51.2 Å². The number of nitrogens with one attached hydrogen (secondary N) is 1. The molecule has 0 aliphatic heterocycles. The maximum absolute atomic E-state index is 12.1. The summed E-state index contributed by atoms with van der Waals surface area (Å²) < 4.78 is 25.8. The Morgan fingerprint density at radius 3 is 1.27 bits per heavy atom. The maximum Gasteiger partial charge on any atom is 0.339 e. The van der Waals surface area contributed by atoms with Crippen LogP contribution in [0.2, 0.25) is 0 Å². The first-order chi connectivity index (χ1) is 29.5. The molecule has 0 aliphatic rings. The summed E-state index contributed by atoms with van der Waals surface area (Å²) in [5.41, 5.74) is 6.52. The van der Waals surface area contributed by atoms with Crippen molar-refractivity contribution in [2.45, 2.75) is 34.6 Å². The van der Waals surface area contributed by atoms with E-state index in [4.69, 9.17) is 46.1 Å². The Morgan fingerprint density at radius 2 is 0.889 bits per heavy atom. The molecule has 63 heavy (non-hydrogen) atoms. The number of benzene rings is 5. The molecular formula is C43H37Br2ClN2O15. The van der Waals surface area contributed by atoms with Crippen LogP contribution in [0.3, 0.4) is 0 Å². The number of hydrogen-bond donors (Lipinski definition) is 4. The van der Waals surface area contributed by atoms with Gasteiger partial charge in [-0.3, -0.25) is 33.6 Å². The second-order valence-electron chi connectivity index (χ2n) is 12.1. The highest BCUT2D eigenvalue weighted by molar-refractivity contribution is 9.10. The van der Waals surface area contributed by atoms with E-state index in [0.29, 0.717) is 5.69 Å². The topological polar surface area (TPSA) is 261 Å². The third-order valence-electron chi connectivity index (χ3n) is 6.82. The number of nitrogens with two attached hydrogens (primary N) is 1. The number of hydrogen-bond acceptors (Lipinski definition) is 15. The van der Waals surface area contributed by atoms with E-state index in [2.05, 4.69) is 37.2 Å². The summed E-state index contributed by atoms with van der Waals surface area (Å²) in [6.45, 7) is 6.03. The molecule has 5 aromatic rings. The van der Waals surface area contributed by atoms with Crippen molar-refractivity contribution in [3.8, 4) is 34.5 Å². The molecule has 0 unspecified atom stereocenters. The van der Waals surface area contributed by atoms with Gasteiger partial charge in [-0.25, -0.2) is 4.79 Å². The van der Waals surface area contributed by atoms with Gasteiger partial charge in [-0.1, -0.05) is 31.9 Å². The number of phenols is 1. The van der Waals surface area contributed by atoms with Crippen molar-refractivity contribution >= 4 is 102 Å². The summed E-state index contributed by atoms with van der Waals surface area (Å²) in [6, 6.07) is 26.2. The van der Waals surface area contributed by atoms with Crippen LogP contribution in [0.15, 0.2) is 112 Å². The van der Waals surface area contributed by atoms with Gasteiger partial charge in [0.1, 0.15) is 40.1 Å². The van der Waals surface area contributed by atoms with Gasteiger partial charge in [0.2, 0.25) is 0 Å². The number of esters is 5. The third kappa shape index (κ3) is 19.9. The molecule has 1 amide bonds. The van der Waals surface area contributed by atoms with E-state index in [9.17, 15) is 43.5 Å². The minimum absolute atomic E-state index is 0.0217. The summed E-state index contributed by atoms with van der Waals surface area (Å²) in [5.74, 6) is -4.43. The predicted octanol–water partition coefficient (Wildman–Crippen LogP) is 8.52. The summed E-state index contributed by atoms with van der Waals surface area (Å²) in [6.07, 6.45) is 0. The number of phenolic OH excluding ortho intramolecular Hbond substituents is 1. The number of aromatic hydroxyl groups is 1. The minimum Gasteiger partial charge on any atom is -0.507 e. The number of carboxylic acids is 1. The van der Waals surface area contributed by atoms with Gasteiger partial charge >= 0.3 is 35.8 Å². The number of carbonyl (C=O) groups excluding carboxylic acids is 7. The van der Waals surface area contributed by atoms with Crippen LogP contribution in [0.1, 0.15) is 65.7 Å². The molecule has 5 rings (SSSR count). The molecule has 20 heteroatoms. The molecule has 0 saturated carbocycles. The first-order valence-electron chi connectivity index (χ1n) is 17.6. The number of amides is 1. The fourth-order valence-electron chi connectivity index (χ4n) is 4.41. The molecule has 0 bridgehead atoms. The summed E-state index contributed by atoms with van der Waals surface area (Å²) >= 11 is 11.9. The highest BCUT2D eigenvalue weighted by Gasteiger charge is 2.17. The Labute approximate surface area is 381 Å². The van der Waals surface area contributed by atoms with Crippen LogP contribution in [-0.2, 0) is 24.0 Å². The van der Waals surface area contributed by atoms with Crippen molar-refractivity contribution in [1.82, 2.24) is 0 Å². The van der Waals surface area contributed by atoms with Gasteiger partial charge in [0.15, 0.2) is 0 Å². The number of aromatic carboxylic acids is 1. The largest absolute Gasteiger partial charge is 0.507 e. The molecule has 0 aliphatic carbocycles. The van der Waals surface area contributed by atoms with E-state index >= 15 is 0 Å². The molecular weight excluding hydrogens is 980 g/mol. The van der Waals surface area contributed by atoms with Crippen LogP contribution in [0.4, 0.5) is 11.4 Å². The Bertz CT molecular complexity index is 2370. The quantitative estimate of drug-likeness (QED) is 0.0467. The Hall–Kier alpha value is -7.09. The Balaban J connectivity index is 0.000000300. The fraction of sp³-hybridized carbons (Fsp3) is 0.116. The lowest BCUT2D eigenvalue weighted by molar-refractivity contribution is -0.133. The molecule has 5 N–H and O–H groups in total. The molecule has 0 saturated heterocycles. The summed E-state index contributed by atoms with van der Waals surface area (Å²) in [5, 5.41) is 20.5. The smallest absolute Gasteiger partial charge is 0.339 e. The average molecular weight is 1020 g/mol. The van der Waals surface area contributed by atoms with E-state index < -0.39 is 47.0 Å². The van der Waals surface area contributed by atoms with Gasteiger partial charge in [-0.05, 0) is 115 Å². The lowest BCUT2D eigenvalue weighted by Crippen LogP contribution is -2.12. The number of anilines is 2. The molecule has 5 aromatic carbocycles. The maximum atomic E-state index is 12.1. The van der Waals surface area contributed by atoms with Crippen LogP contribution in [-0.4, -0.2) is 57.2 Å². The van der Waals surface area contributed by atoms with Crippen molar-refractivity contribution < 1.29 is 72.3 Å². The average Bonchev–Trinajstić information content (AvgIpc) is 3.18. The lowest BCUT2D eigenvalue weighted by Gasteiger charge is -2.09. The fourth-order valence-corrected chi connectivity index (χ4v) is 5.08. The molecule has 0 radical (unpaired) electrons. The highest BCUT2D eigenvalue weighted by atomic mass is 79.9. The van der Waals surface area contributed by atoms with Crippen LogP contribution >= 0.6 is 43.5 Å². The van der Waals surface area contributed by atoms with Gasteiger partial charge in [0.05, 0.1) is 11.1 Å². The molecule has 0 atom stereocenters. The van der Waals surface area contributed by atoms with Crippen molar-refractivity contribution in [3.05, 3.63) is 129 Å². The van der Waals surface area contributed by atoms with Gasteiger partial charge < -0.3 is 44.9 Å². The van der Waals surface area contributed by atoms with Crippen molar-refractivity contribution in [3.63, 3.8) is 0 Å². The monoisotopic (exact) mass is 1010 g/mol. The number of rotatable bonds is 9. The molecule has 0 aromatic heterocycles. The normalized spacial score (nSPS) is 9.65. The standard InChI is InChI=1S/C15H12BrNO4.C11H9ClO5.C11H10O6.C6H6BrN/c1-9(18)21-12-6-7-14(19)13(8-12)15(20)17-11-4-2-10(16)3-5-11;1-6(13)16-8-3-4-10(17-7(2)14)9(5-8)11(12)15;1-6(12)16-8-3-4-10(17-7(2)13)9(5-8)11(14)15;7-5-1-3-6(8)4-2-5/h2-8,19H,1H3,(H,17,20);3-5H,1-2H3;3-5H,1-2H3,(H,14,15);1-4H,8H2. The zero-order valence-electron chi connectivity index (χ0n) is 33.7. The van der Waals surface area contributed by atoms with Crippen LogP contribution < -0.4 is 34.7 Å². The minimum atomic E-state index is -1.28. The number of carbonyl (C=O) groups is 8. The lowest BCUT2D eigenvalue weighted by atomic mass is 10.1. The molecule has 0 heterocycles. The van der Waals surface area contributed by atoms with Gasteiger partial charge in [0, 0.05) is 54.9 Å². The second kappa shape index (κ2) is 25.6. The van der Waals surface area contributed by atoms with Crippen molar-refractivity contribution in [2.24, 2.45) is 0 Å². The molecule has 0 spiro atoms. The van der Waals surface area contributed by atoms with Gasteiger partial charge in [-0.15, -0.1) is 0 Å². The molecule has 0 fully saturated rings. The SMILES string of the molecule is CC(=O)Oc1ccc(O)c(C(=O)Nc2ccc(Br)cc2)c1.CC(=O)Oc1ccc(OC(C)=O)c(C(=O)Cl)c1.CC(=O)Oc1ccc(OC(C)=O)c(C(=O)O)c1.Nc1ccc(Br)cc1. The van der Waals surface area contributed by atoms with E-state index in [0.717, 1.165) is 27.6 Å². The predicted molar refractivity (Wildman–Crippen MR) is 235 cm³/mol. The second-order valence-corrected chi connectivity index (χ2v) is 14.2. The van der Waals surface area contributed by atoms with Gasteiger partial charge in [-0.2, -0.15) is 0 Å².